The second-order valence-electron chi connectivity index (χ2n) is 14.4. The number of fused-ring (bicyclic) bond motifs is 2. The molecule has 2 aromatic carbocycles. The quantitative estimate of drug-likeness (QED) is 0.268. The van der Waals surface area contributed by atoms with Crippen molar-refractivity contribution in [3.63, 3.8) is 0 Å². The molecule has 1 atom stereocenters. The van der Waals surface area contributed by atoms with Crippen LogP contribution in [0, 0.1) is 11.3 Å². The van der Waals surface area contributed by atoms with Crippen LogP contribution in [0.15, 0.2) is 36.4 Å². The van der Waals surface area contributed by atoms with Gasteiger partial charge in [0.25, 0.3) is 0 Å². The van der Waals surface area contributed by atoms with Crippen LogP contribution in [0.2, 0.25) is 5.02 Å². The molecule has 1 aromatic heterocycles. The van der Waals surface area contributed by atoms with Gasteiger partial charge in [-0.3, -0.25) is 14.6 Å². The second kappa shape index (κ2) is 12.9. The largest absolute Gasteiger partial charge is 0.425 e. The predicted molar refractivity (Wildman–Crippen MR) is 181 cm³/mol. The number of benzene rings is 2. The van der Waals surface area contributed by atoms with Gasteiger partial charge in [0.05, 0.1) is 16.8 Å². The van der Waals surface area contributed by atoms with E-state index in [0.29, 0.717) is 5.02 Å². The number of piperazine rings is 1. The summed E-state index contributed by atoms with van der Waals surface area (Å²) in [6, 6.07) is 12.4. The molecule has 1 unspecified atom stereocenters. The molecule has 0 saturated carbocycles. The standard InChI is InChI=1S/C34H46ClN5O3S/c1-22(2)31(43-32(42)36-34(6,7)21-33(3,4)5)40-27-20-26(35)23(18-24(27)19-29(40)41)12-13-38-14-16-39(17-15-38)30-25-10-8-9-11-28(25)44-37-30/h8-11,18,20,22,31H,12-17,19,21H2,1-7H3,(H,36,42). The number of hydrogen-bond donors (Lipinski definition) is 1. The number of hydrogen-bond acceptors (Lipinski definition) is 7. The van der Waals surface area contributed by atoms with Gasteiger partial charge in [-0.15, -0.1) is 0 Å². The van der Waals surface area contributed by atoms with Gasteiger partial charge in [0.15, 0.2) is 6.23 Å². The van der Waals surface area contributed by atoms with E-state index in [9.17, 15) is 9.59 Å². The molecule has 0 aliphatic carbocycles. The van der Waals surface area contributed by atoms with Crippen LogP contribution in [0.4, 0.5) is 16.3 Å². The number of aromatic nitrogens is 1. The van der Waals surface area contributed by atoms with Crippen LogP contribution in [-0.2, 0) is 22.4 Å². The molecule has 0 radical (unpaired) electrons. The summed E-state index contributed by atoms with van der Waals surface area (Å²) >= 11 is 8.39. The number of rotatable bonds is 9. The third-order valence-electron chi connectivity index (χ3n) is 8.31. The summed E-state index contributed by atoms with van der Waals surface area (Å²) in [4.78, 5) is 32.8. The van der Waals surface area contributed by atoms with Crippen molar-refractivity contribution in [3.8, 4) is 0 Å². The SMILES string of the molecule is CC(C)C(OC(=O)NC(C)(C)CC(C)(C)C)N1C(=O)Cc2cc(CCN3CCN(c4nsc5ccccc45)CC3)c(Cl)cc21. The molecule has 3 aromatic rings. The zero-order valence-corrected chi connectivity index (χ0v) is 28.6. The summed E-state index contributed by atoms with van der Waals surface area (Å²) in [5.41, 5.74) is 2.28. The Hall–Kier alpha value is -2.88. The highest BCUT2D eigenvalue weighted by molar-refractivity contribution is 7.13. The Balaban J connectivity index is 1.21. The van der Waals surface area contributed by atoms with Crippen LogP contribution in [0.1, 0.15) is 66.0 Å². The zero-order chi connectivity index (χ0) is 31.8. The summed E-state index contributed by atoms with van der Waals surface area (Å²) < 4.78 is 11.9. The number of halogens is 1. The van der Waals surface area contributed by atoms with Crippen molar-refractivity contribution in [2.24, 2.45) is 11.3 Å². The number of carbonyl (C=O) groups is 2. The first-order valence-electron chi connectivity index (χ1n) is 15.6. The molecule has 238 valence electrons. The van der Waals surface area contributed by atoms with E-state index in [2.05, 4.69) is 66.2 Å². The molecule has 3 heterocycles. The number of amides is 2. The van der Waals surface area contributed by atoms with Gasteiger partial charge in [0.1, 0.15) is 5.82 Å². The zero-order valence-electron chi connectivity index (χ0n) is 27.1. The van der Waals surface area contributed by atoms with Gasteiger partial charge in [-0.2, -0.15) is 4.37 Å². The van der Waals surface area contributed by atoms with Crippen molar-refractivity contribution >= 4 is 56.7 Å². The van der Waals surface area contributed by atoms with Gasteiger partial charge < -0.3 is 15.0 Å². The maximum atomic E-state index is 13.3. The lowest BCUT2D eigenvalue weighted by Gasteiger charge is -2.35. The van der Waals surface area contributed by atoms with Crippen LogP contribution < -0.4 is 15.1 Å². The molecular formula is C34H46ClN5O3S. The Bertz CT molecular complexity index is 1510. The number of carbonyl (C=O) groups excluding carboxylic acids is 2. The smallest absolute Gasteiger partial charge is 0.409 e. The topological polar surface area (TPSA) is 78.0 Å². The number of nitrogens with zero attached hydrogens (tertiary/aromatic N) is 4. The Morgan fingerprint density at radius 2 is 1.80 bits per heavy atom. The van der Waals surface area contributed by atoms with Crippen molar-refractivity contribution in [2.75, 3.05) is 42.5 Å². The maximum Gasteiger partial charge on any atom is 0.409 e. The first-order chi connectivity index (χ1) is 20.7. The van der Waals surface area contributed by atoms with Crippen LogP contribution >= 0.6 is 23.1 Å². The number of nitrogens with one attached hydrogen (secondary N) is 1. The highest BCUT2D eigenvalue weighted by atomic mass is 35.5. The van der Waals surface area contributed by atoms with Crippen molar-refractivity contribution in [2.45, 2.75) is 79.5 Å². The Morgan fingerprint density at radius 1 is 1.09 bits per heavy atom. The van der Waals surface area contributed by atoms with E-state index < -0.39 is 17.9 Å². The van der Waals surface area contributed by atoms with E-state index in [1.807, 2.05) is 33.8 Å². The molecule has 1 N–H and O–H groups in total. The summed E-state index contributed by atoms with van der Waals surface area (Å²) in [6.07, 6.45) is 0.593. The first kappa shape index (κ1) is 32.5. The molecule has 10 heteroatoms. The fourth-order valence-corrected chi connectivity index (χ4v) is 7.76. The molecule has 2 aliphatic heterocycles. The van der Waals surface area contributed by atoms with E-state index in [1.54, 1.807) is 16.4 Å². The van der Waals surface area contributed by atoms with E-state index >= 15 is 0 Å². The van der Waals surface area contributed by atoms with Crippen LogP contribution in [0.5, 0.6) is 0 Å². The van der Waals surface area contributed by atoms with Crippen LogP contribution in [0.25, 0.3) is 10.1 Å². The van der Waals surface area contributed by atoms with Gasteiger partial charge in [-0.25, -0.2) is 4.79 Å². The van der Waals surface area contributed by atoms with Crippen molar-refractivity contribution < 1.29 is 14.3 Å². The van der Waals surface area contributed by atoms with Gasteiger partial charge in [0, 0.05) is 54.6 Å². The predicted octanol–water partition coefficient (Wildman–Crippen LogP) is 7.13. The van der Waals surface area contributed by atoms with Gasteiger partial charge in [-0.1, -0.05) is 64.4 Å². The van der Waals surface area contributed by atoms with E-state index in [4.69, 9.17) is 20.7 Å². The second-order valence-corrected chi connectivity index (χ2v) is 15.6. The molecule has 2 aliphatic rings. The molecule has 1 fully saturated rings. The minimum atomic E-state index is -0.734. The summed E-state index contributed by atoms with van der Waals surface area (Å²) in [7, 11) is 0. The molecule has 8 nitrogen and oxygen atoms in total. The number of ether oxygens (including phenoxy) is 1. The molecule has 1 saturated heterocycles. The van der Waals surface area contributed by atoms with Crippen LogP contribution in [0.3, 0.4) is 0 Å². The summed E-state index contributed by atoms with van der Waals surface area (Å²) in [5.74, 6) is 0.899. The third kappa shape index (κ3) is 7.49. The highest BCUT2D eigenvalue weighted by Gasteiger charge is 2.38. The first-order valence-corrected chi connectivity index (χ1v) is 16.8. The maximum absolute atomic E-state index is 13.3. The van der Waals surface area contributed by atoms with Crippen molar-refractivity contribution in [1.29, 1.82) is 0 Å². The number of anilines is 2. The Kier molecular flexibility index (Phi) is 9.50. The number of alkyl carbamates (subject to hydrolysis) is 1. The van der Waals surface area contributed by atoms with E-state index in [0.717, 1.165) is 68.2 Å². The molecule has 0 bridgehead atoms. The van der Waals surface area contributed by atoms with Gasteiger partial charge in [-0.05, 0) is 73.0 Å². The fraction of sp³-hybridized carbons (Fsp3) is 0.559. The van der Waals surface area contributed by atoms with Crippen molar-refractivity contribution in [3.05, 3.63) is 52.5 Å². The summed E-state index contributed by atoms with van der Waals surface area (Å²) in [5, 5.41) is 4.88. The highest BCUT2D eigenvalue weighted by Crippen LogP contribution is 2.37. The normalized spacial score (nSPS) is 17.0. The Labute approximate surface area is 270 Å². The summed E-state index contributed by atoms with van der Waals surface area (Å²) in [6.45, 7) is 19.0. The minimum Gasteiger partial charge on any atom is -0.425 e. The van der Waals surface area contributed by atoms with Crippen molar-refractivity contribution in [1.82, 2.24) is 14.6 Å². The van der Waals surface area contributed by atoms with Gasteiger partial charge in [0.2, 0.25) is 5.91 Å². The van der Waals surface area contributed by atoms with E-state index in [-0.39, 0.29) is 23.7 Å². The lowest BCUT2D eigenvalue weighted by atomic mass is 9.82. The monoisotopic (exact) mass is 639 g/mol. The lowest BCUT2D eigenvalue weighted by molar-refractivity contribution is -0.119. The van der Waals surface area contributed by atoms with Crippen LogP contribution in [-0.4, -0.2) is 65.8 Å². The molecule has 44 heavy (non-hydrogen) atoms. The molecule has 2 amide bonds. The third-order valence-corrected chi connectivity index (χ3v) is 9.48. The molecular weight excluding hydrogens is 594 g/mol. The van der Waals surface area contributed by atoms with E-state index in [1.165, 1.54) is 10.1 Å². The minimum absolute atomic E-state index is 0.0395. The average molecular weight is 640 g/mol. The fourth-order valence-electron chi connectivity index (χ4n) is 6.71. The Morgan fingerprint density at radius 3 is 2.48 bits per heavy atom. The average Bonchev–Trinajstić information content (AvgIpc) is 3.49. The molecule has 0 spiro atoms. The molecule has 5 rings (SSSR count). The van der Waals surface area contributed by atoms with Gasteiger partial charge >= 0.3 is 6.09 Å². The lowest BCUT2D eigenvalue weighted by Crippen LogP contribution is -2.51.